The molecule has 11 nitrogen and oxygen atoms in total. The van der Waals surface area contributed by atoms with E-state index in [-0.39, 0.29) is 57.0 Å². The van der Waals surface area contributed by atoms with Gasteiger partial charge in [0.05, 0.1) is 18.9 Å². The molecule has 5 N–H and O–H groups in total. The van der Waals surface area contributed by atoms with Crippen molar-refractivity contribution in [3.8, 4) is 0 Å². The van der Waals surface area contributed by atoms with Crippen LogP contribution < -0.4 is 15.4 Å². The lowest BCUT2D eigenvalue weighted by Crippen LogP contribution is -2.62. The van der Waals surface area contributed by atoms with Crippen molar-refractivity contribution in [3.63, 3.8) is 0 Å². The molecular formula is C31H52N4O7SSi. The predicted molar refractivity (Wildman–Crippen MR) is 173 cm³/mol. The molecule has 1 aliphatic carbocycles. The van der Waals surface area contributed by atoms with Gasteiger partial charge in [-0.05, 0) is 49.1 Å². The normalized spacial score (nSPS) is 19.2. The molecule has 3 rings (SSSR count). The second kappa shape index (κ2) is 17.5. The second-order valence-corrected chi connectivity index (χ2v) is 17.2. The standard InChI is InChI=1S/C31H52N4O7SSi/c1-4-11-27(30(36)33-29(23-26-14-9-6-10-15-26)44(40,41)21-16-24(2)3)32-31(37)28(22-25-12-7-5-8-13-25)34-43(38,39)35-17-19-42-20-18-35/h4-5,7-8,12-13,24,26-29,34,40-41H,1,6,9-11,14-23H2,2-3H3,(H,32,37)(H,33,36)/t27-,28-,29+/m0/s1. The van der Waals surface area contributed by atoms with Crippen LogP contribution in [0.25, 0.3) is 0 Å². The van der Waals surface area contributed by atoms with Crippen molar-refractivity contribution in [2.24, 2.45) is 11.8 Å². The highest BCUT2D eigenvalue weighted by molar-refractivity contribution is 7.87. The lowest BCUT2D eigenvalue weighted by Gasteiger charge is -2.34. The Hall–Kier alpha value is -2.13. The quantitative estimate of drug-likeness (QED) is 0.128. The number of carbonyl (C=O) groups excluding carboxylic acids is 2. The number of nitrogens with one attached hydrogen (secondary N) is 3. The summed E-state index contributed by atoms with van der Waals surface area (Å²) in [5, 5.41) is 5.64. The predicted octanol–water partition coefficient (Wildman–Crippen LogP) is 2.29. The number of morpholine rings is 1. The number of hydrogen-bond acceptors (Lipinski definition) is 7. The van der Waals surface area contributed by atoms with Gasteiger partial charge in [-0.3, -0.25) is 9.59 Å². The maximum absolute atomic E-state index is 13.7. The minimum Gasteiger partial charge on any atom is -0.409 e. The third kappa shape index (κ3) is 11.7. The van der Waals surface area contributed by atoms with Gasteiger partial charge in [0.1, 0.15) is 12.1 Å². The summed E-state index contributed by atoms with van der Waals surface area (Å²) in [5.74, 6) is -0.634. The Morgan fingerprint density at radius 3 is 2.30 bits per heavy atom. The summed E-state index contributed by atoms with van der Waals surface area (Å²) >= 11 is 0. The van der Waals surface area contributed by atoms with Crippen molar-refractivity contribution in [1.82, 2.24) is 19.7 Å². The number of amides is 2. The number of carbonyl (C=O) groups is 2. The van der Waals surface area contributed by atoms with Gasteiger partial charge in [-0.15, -0.1) is 6.58 Å². The van der Waals surface area contributed by atoms with Gasteiger partial charge in [-0.1, -0.05) is 82.4 Å². The molecule has 0 aromatic heterocycles. The van der Waals surface area contributed by atoms with Crippen molar-refractivity contribution < 1.29 is 32.3 Å². The Bertz CT molecular complexity index is 1160. The van der Waals surface area contributed by atoms with Crippen LogP contribution in [-0.4, -0.2) is 86.7 Å². The average molecular weight is 653 g/mol. The van der Waals surface area contributed by atoms with Crippen molar-refractivity contribution in [2.75, 3.05) is 26.3 Å². The number of hydrogen-bond donors (Lipinski definition) is 5. The van der Waals surface area contributed by atoms with E-state index in [1.54, 1.807) is 24.3 Å². The van der Waals surface area contributed by atoms with E-state index in [0.717, 1.165) is 37.7 Å². The maximum atomic E-state index is 13.7. The zero-order valence-electron chi connectivity index (χ0n) is 26.2. The van der Waals surface area contributed by atoms with E-state index in [9.17, 15) is 27.6 Å². The van der Waals surface area contributed by atoms with Crippen molar-refractivity contribution in [3.05, 3.63) is 48.6 Å². The molecular weight excluding hydrogens is 601 g/mol. The monoisotopic (exact) mass is 652 g/mol. The van der Waals surface area contributed by atoms with Gasteiger partial charge in [0, 0.05) is 13.1 Å². The van der Waals surface area contributed by atoms with Crippen LogP contribution >= 0.6 is 0 Å². The maximum Gasteiger partial charge on any atom is 0.355 e. The summed E-state index contributed by atoms with van der Waals surface area (Å²) in [6.07, 6.45) is 8.07. The molecule has 13 heteroatoms. The summed E-state index contributed by atoms with van der Waals surface area (Å²) in [6.45, 7) is 8.65. The molecule has 2 aliphatic rings. The van der Waals surface area contributed by atoms with E-state index < -0.39 is 48.3 Å². The lowest BCUT2D eigenvalue weighted by atomic mass is 9.87. The molecule has 2 amide bonds. The largest absolute Gasteiger partial charge is 0.409 e. The van der Waals surface area contributed by atoms with E-state index in [1.807, 2.05) is 19.9 Å². The summed E-state index contributed by atoms with van der Waals surface area (Å²) in [4.78, 5) is 49.9. The Morgan fingerprint density at radius 2 is 1.68 bits per heavy atom. The van der Waals surface area contributed by atoms with Crippen LogP contribution in [-0.2, 0) is 31.0 Å². The third-order valence-corrected chi connectivity index (χ3v) is 12.6. The fraction of sp³-hybridized carbons (Fsp3) is 0.677. The molecule has 0 unspecified atom stereocenters. The van der Waals surface area contributed by atoms with E-state index in [2.05, 4.69) is 21.9 Å². The van der Waals surface area contributed by atoms with E-state index in [1.165, 1.54) is 10.4 Å². The van der Waals surface area contributed by atoms with Gasteiger partial charge in [-0.25, -0.2) is 0 Å². The van der Waals surface area contributed by atoms with Crippen LogP contribution in [0.5, 0.6) is 0 Å². The molecule has 1 heterocycles. The fourth-order valence-electron chi connectivity index (χ4n) is 5.82. The zero-order valence-corrected chi connectivity index (χ0v) is 28.1. The van der Waals surface area contributed by atoms with Gasteiger partial charge >= 0.3 is 8.56 Å². The first-order valence-electron chi connectivity index (χ1n) is 16.0. The molecule has 1 aromatic rings. The van der Waals surface area contributed by atoms with Crippen molar-refractivity contribution >= 4 is 30.6 Å². The minimum absolute atomic E-state index is 0.0709. The van der Waals surface area contributed by atoms with E-state index in [4.69, 9.17) is 4.74 Å². The molecule has 248 valence electrons. The molecule has 1 aliphatic heterocycles. The Morgan fingerprint density at radius 1 is 1.05 bits per heavy atom. The topological polar surface area (TPSA) is 157 Å². The molecule has 2 fully saturated rings. The van der Waals surface area contributed by atoms with E-state index >= 15 is 0 Å². The molecule has 1 aromatic carbocycles. The number of benzene rings is 1. The molecule has 0 radical (unpaired) electrons. The first-order valence-corrected chi connectivity index (χ1v) is 19.6. The number of rotatable bonds is 17. The third-order valence-electron chi connectivity index (χ3n) is 8.49. The van der Waals surface area contributed by atoms with Gasteiger partial charge in [0.15, 0.2) is 0 Å². The fourth-order valence-corrected chi connectivity index (χ4v) is 9.58. The van der Waals surface area contributed by atoms with Crippen LogP contribution in [0.2, 0.25) is 6.04 Å². The highest BCUT2D eigenvalue weighted by Crippen LogP contribution is 2.30. The molecule has 0 spiro atoms. The summed E-state index contributed by atoms with van der Waals surface area (Å²) in [6, 6.07) is 7.02. The Balaban J connectivity index is 1.79. The lowest BCUT2D eigenvalue weighted by molar-refractivity contribution is -0.130. The molecule has 1 saturated heterocycles. The number of nitrogens with zero attached hydrogens (tertiary/aromatic N) is 1. The summed E-state index contributed by atoms with van der Waals surface area (Å²) in [7, 11) is -7.88. The highest BCUT2D eigenvalue weighted by Gasteiger charge is 2.43. The van der Waals surface area contributed by atoms with Gasteiger partial charge < -0.3 is 25.0 Å². The first-order chi connectivity index (χ1) is 20.9. The van der Waals surface area contributed by atoms with Crippen molar-refractivity contribution in [2.45, 2.75) is 95.4 Å². The minimum atomic E-state index is -4.02. The molecule has 0 bridgehead atoms. The highest BCUT2D eigenvalue weighted by atomic mass is 32.2. The summed E-state index contributed by atoms with van der Waals surface area (Å²) < 4.78 is 35.5. The van der Waals surface area contributed by atoms with Crippen LogP contribution in [0.1, 0.15) is 70.8 Å². The molecule has 1 saturated carbocycles. The van der Waals surface area contributed by atoms with Gasteiger partial charge in [-0.2, -0.15) is 17.4 Å². The zero-order chi connectivity index (χ0) is 32.2. The first kappa shape index (κ1) is 36.3. The van der Waals surface area contributed by atoms with Gasteiger partial charge in [0.25, 0.3) is 10.2 Å². The SMILES string of the molecule is C=CC[C@H](NC(=O)[C@H](Cc1ccccc1)NS(=O)(=O)N1CCOCC1)C(=O)N[C@@H](CC1CCCCC1)[Si](O)(O)CCC(C)C. The second-order valence-electron chi connectivity index (χ2n) is 12.6. The molecule has 3 atom stereocenters. The van der Waals surface area contributed by atoms with Crippen LogP contribution in [0.15, 0.2) is 43.0 Å². The van der Waals surface area contributed by atoms with Crippen molar-refractivity contribution in [1.29, 1.82) is 0 Å². The van der Waals surface area contributed by atoms with Crippen LogP contribution in [0, 0.1) is 11.8 Å². The summed E-state index contributed by atoms with van der Waals surface area (Å²) in [5.41, 5.74) is -0.0444. The Kier molecular flexibility index (Phi) is 14.5. The van der Waals surface area contributed by atoms with Gasteiger partial charge in [0.2, 0.25) is 11.8 Å². The smallest absolute Gasteiger partial charge is 0.355 e. The number of ether oxygens (including phenoxy) is 1. The molecule has 44 heavy (non-hydrogen) atoms. The van der Waals surface area contributed by atoms with E-state index in [0.29, 0.717) is 12.8 Å². The van der Waals surface area contributed by atoms with Crippen LogP contribution in [0.3, 0.4) is 0 Å². The average Bonchev–Trinajstić information content (AvgIpc) is 3.00. The Labute approximate surface area is 264 Å². The van der Waals surface area contributed by atoms with Crippen LogP contribution in [0.4, 0.5) is 0 Å².